The molecule has 0 unspecified atom stereocenters. The van der Waals surface area contributed by atoms with Crippen LogP contribution in [0.25, 0.3) is 0 Å². The number of hydrogen-bond donors (Lipinski definition) is 5. The summed E-state index contributed by atoms with van der Waals surface area (Å²) in [6.07, 6.45) is 0.0165. The summed E-state index contributed by atoms with van der Waals surface area (Å²) < 4.78 is 0. The Morgan fingerprint density at radius 3 is 2.50 bits per heavy atom. The van der Waals surface area contributed by atoms with E-state index in [1.807, 2.05) is 19.1 Å². The molecule has 1 aromatic carbocycles. The second-order valence-corrected chi connectivity index (χ2v) is 6.54. The Balaban J connectivity index is 1.71. The first-order chi connectivity index (χ1) is 11.3. The highest BCUT2D eigenvalue weighted by atomic mass is 16.4. The molecule has 1 aromatic rings. The number of para-hydroxylation sites is 1. The lowest BCUT2D eigenvalue weighted by atomic mass is 9.90. The van der Waals surface area contributed by atoms with Crippen molar-refractivity contribution in [3.05, 3.63) is 29.8 Å². The topological polar surface area (TPSA) is 142 Å². The van der Waals surface area contributed by atoms with Gasteiger partial charge in [-0.25, -0.2) is 4.79 Å². The van der Waals surface area contributed by atoms with Crippen LogP contribution in [0.1, 0.15) is 12.0 Å². The van der Waals surface area contributed by atoms with Gasteiger partial charge >= 0.3 is 18.0 Å². The highest BCUT2D eigenvalue weighted by Crippen LogP contribution is 2.61. The molecule has 0 aromatic heterocycles. The first-order valence-electron chi connectivity index (χ1n) is 7.64. The van der Waals surface area contributed by atoms with E-state index < -0.39 is 47.3 Å². The maximum atomic E-state index is 12.2. The number of hydrogen-bond acceptors (Lipinski definition) is 4. The second kappa shape index (κ2) is 5.48. The van der Waals surface area contributed by atoms with Gasteiger partial charge in [0.1, 0.15) is 5.54 Å². The number of carbonyl (C=O) groups excluding carboxylic acids is 1. The number of amides is 2. The molecule has 2 aliphatic rings. The fraction of sp³-hybridized carbons (Fsp3) is 0.438. The molecular weight excluding hydrogens is 314 g/mol. The summed E-state index contributed by atoms with van der Waals surface area (Å²) in [5.41, 5.74) is 5.82. The molecule has 5 atom stereocenters. The third kappa shape index (κ3) is 2.48. The van der Waals surface area contributed by atoms with Gasteiger partial charge in [-0.15, -0.1) is 0 Å². The molecule has 0 saturated heterocycles. The van der Waals surface area contributed by atoms with Crippen molar-refractivity contribution < 1.29 is 24.6 Å². The van der Waals surface area contributed by atoms with Crippen molar-refractivity contribution in [2.24, 2.45) is 23.5 Å². The summed E-state index contributed by atoms with van der Waals surface area (Å²) in [4.78, 5) is 34.9. The SMILES string of the molecule is Cc1ccccc1NC(=O)N[C@@H]1C[C@](N)(C(=O)O)[C@@H]2[C@H](C(=O)O)[C@H]21. The summed E-state index contributed by atoms with van der Waals surface area (Å²) in [5.74, 6) is -4.25. The minimum atomic E-state index is -1.62. The number of carbonyl (C=O) groups is 3. The molecule has 2 aliphatic carbocycles. The maximum Gasteiger partial charge on any atom is 0.324 e. The summed E-state index contributed by atoms with van der Waals surface area (Å²) in [6.45, 7) is 1.85. The Labute approximate surface area is 138 Å². The van der Waals surface area contributed by atoms with E-state index in [9.17, 15) is 24.6 Å². The number of nitrogens with two attached hydrogens (primary N) is 1. The molecule has 3 rings (SSSR count). The monoisotopic (exact) mass is 333 g/mol. The molecule has 8 nitrogen and oxygen atoms in total. The number of benzene rings is 1. The van der Waals surface area contributed by atoms with Gasteiger partial charge in [-0.1, -0.05) is 18.2 Å². The fourth-order valence-electron chi connectivity index (χ4n) is 3.87. The van der Waals surface area contributed by atoms with Crippen LogP contribution in [0, 0.1) is 24.7 Å². The second-order valence-electron chi connectivity index (χ2n) is 6.54. The lowest BCUT2D eigenvalue weighted by Gasteiger charge is -2.25. The largest absolute Gasteiger partial charge is 0.481 e. The van der Waals surface area contributed by atoms with Crippen molar-refractivity contribution in [1.82, 2.24) is 5.32 Å². The van der Waals surface area contributed by atoms with E-state index in [2.05, 4.69) is 10.6 Å². The van der Waals surface area contributed by atoms with Crippen molar-refractivity contribution >= 4 is 23.7 Å². The van der Waals surface area contributed by atoms with E-state index in [0.717, 1.165) is 5.56 Å². The van der Waals surface area contributed by atoms with E-state index in [1.165, 1.54) is 0 Å². The van der Waals surface area contributed by atoms with Crippen LogP contribution >= 0.6 is 0 Å². The van der Waals surface area contributed by atoms with Crippen LogP contribution in [0.5, 0.6) is 0 Å². The number of aryl methyl sites for hydroxylation is 1. The van der Waals surface area contributed by atoms with Crippen molar-refractivity contribution in [2.45, 2.75) is 24.9 Å². The zero-order chi connectivity index (χ0) is 17.6. The summed E-state index contributed by atoms with van der Waals surface area (Å²) >= 11 is 0. The fourth-order valence-corrected chi connectivity index (χ4v) is 3.87. The summed E-state index contributed by atoms with van der Waals surface area (Å²) in [5, 5.41) is 23.9. The minimum absolute atomic E-state index is 0.0165. The number of rotatable bonds is 4. The van der Waals surface area contributed by atoms with Gasteiger partial charge in [0.2, 0.25) is 0 Å². The van der Waals surface area contributed by atoms with Gasteiger partial charge in [-0.3, -0.25) is 9.59 Å². The highest BCUT2D eigenvalue weighted by molar-refractivity contribution is 5.91. The molecule has 128 valence electrons. The van der Waals surface area contributed by atoms with Crippen LogP contribution in [0.15, 0.2) is 24.3 Å². The Morgan fingerprint density at radius 2 is 1.92 bits per heavy atom. The lowest BCUT2D eigenvalue weighted by molar-refractivity contribution is -0.145. The van der Waals surface area contributed by atoms with Gasteiger partial charge in [0.25, 0.3) is 0 Å². The summed E-state index contributed by atoms with van der Waals surface area (Å²) in [7, 11) is 0. The Morgan fingerprint density at radius 1 is 1.25 bits per heavy atom. The van der Waals surface area contributed by atoms with Crippen LogP contribution in [-0.2, 0) is 9.59 Å². The Hall–Kier alpha value is -2.61. The van der Waals surface area contributed by atoms with E-state index in [-0.39, 0.29) is 6.42 Å². The number of carboxylic acids is 2. The molecule has 0 aliphatic heterocycles. The highest BCUT2D eigenvalue weighted by Gasteiger charge is 2.74. The van der Waals surface area contributed by atoms with Crippen molar-refractivity contribution in [2.75, 3.05) is 5.32 Å². The lowest BCUT2D eigenvalue weighted by Crippen LogP contribution is -2.52. The van der Waals surface area contributed by atoms with Crippen LogP contribution in [0.2, 0.25) is 0 Å². The van der Waals surface area contributed by atoms with Gasteiger partial charge in [0.15, 0.2) is 0 Å². The van der Waals surface area contributed by atoms with E-state index in [0.29, 0.717) is 5.69 Å². The number of carboxylic acid groups (broad SMARTS) is 2. The van der Waals surface area contributed by atoms with Crippen molar-refractivity contribution in [3.8, 4) is 0 Å². The van der Waals surface area contributed by atoms with Gasteiger partial charge in [0.05, 0.1) is 5.92 Å². The third-order valence-corrected chi connectivity index (χ3v) is 5.09. The minimum Gasteiger partial charge on any atom is -0.481 e. The predicted molar refractivity (Wildman–Crippen MR) is 84.4 cm³/mol. The predicted octanol–water partition coefficient (Wildman–Crippen LogP) is 0.618. The molecule has 2 fully saturated rings. The molecule has 0 heterocycles. The Bertz CT molecular complexity index is 721. The number of fused-ring (bicyclic) bond motifs is 1. The van der Waals surface area contributed by atoms with Crippen molar-refractivity contribution in [3.63, 3.8) is 0 Å². The van der Waals surface area contributed by atoms with E-state index in [1.54, 1.807) is 12.1 Å². The average molecular weight is 333 g/mol. The van der Waals surface area contributed by atoms with Crippen LogP contribution < -0.4 is 16.4 Å². The molecule has 2 saturated carbocycles. The maximum absolute atomic E-state index is 12.2. The quantitative estimate of drug-likeness (QED) is 0.547. The normalized spacial score (nSPS) is 33.4. The van der Waals surface area contributed by atoms with Crippen LogP contribution in [-0.4, -0.2) is 39.8 Å². The third-order valence-electron chi connectivity index (χ3n) is 5.09. The molecule has 0 radical (unpaired) electrons. The summed E-state index contributed by atoms with van der Waals surface area (Å²) in [6, 6.07) is 6.13. The van der Waals surface area contributed by atoms with Crippen LogP contribution in [0.3, 0.4) is 0 Å². The zero-order valence-electron chi connectivity index (χ0n) is 13.0. The average Bonchev–Trinajstić information content (AvgIpc) is 3.18. The van der Waals surface area contributed by atoms with Gasteiger partial charge in [0, 0.05) is 17.6 Å². The molecule has 0 bridgehead atoms. The first-order valence-corrected chi connectivity index (χ1v) is 7.64. The number of urea groups is 1. The van der Waals surface area contributed by atoms with Gasteiger partial charge < -0.3 is 26.6 Å². The number of anilines is 1. The molecule has 2 amide bonds. The molecular formula is C16H19N3O5. The van der Waals surface area contributed by atoms with E-state index >= 15 is 0 Å². The standard InChI is InChI=1S/C16H19N3O5/c1-7-4-2-3-5-8(7)18-15(24)19-9-6-16(17,14(22)23)12-10(9)11(12)13(20)21/h2-5,9-12H,6,17H2,1H3,(H,20,21)(H,22,23)(H2,18,19,24)/t9-,10-,11-,12+,16-/m1/s1. The van der Waals surface area contributed by atoms with Gasteiger partial charge in [-0.05, 0) is 30.9 Å². The van der Waals surface area contributed by atoms with E-state index in [4.69, 9.17) is 5.73 Å². The number of aliphatic carboxylic acids is 2. The number of nitrogens with one attached hydrogen (secondary N) is 2. The van der Waals surface area contributed by atoms with Crippen molar-refractivity contribution in [1.29, 1.82) is 0 Å². The Kier molecular flexibility index (Phi) is 3.71. The van der Waals surface area contributed by atoms with Gasteiger partial charge in [-0.2, -0.15) is 0 Å². The zero-order valence-corrected chi connectivity index (χ0v) is 13.0. The van der Waals surface area contributed by atoms with Crippen LogP contribution in [0.4, 0.5) is 10.5 Å². The smallest absolute Gasteiger partial charge is 0.324 e. The molecule has 0 spiro atoms. The first kappa shape index (κ1) is 16.3. The molecule has 24 heavy (non-hydrogen) atoms. The molecule has 6 N–H and O–H groups in total. The molecule has 8 heteroatoms.